The van der Waals surface area contributed by atoms with Crippen molar-refractivity contribution >= 4 is 38.6 Å². The molecular weight excluding hydrogens is 464 g/mol. The average molecular weight is 487 g/mol. The molecule has 1 N–H and O–H groups in total. The fourth-order valence-electron chi connectivity index (χ4n) is 5.03. The average Bonchev–Trinajstić information content (AvgIpc) is 3.68. The number of hydrogen-bond donors (Lipinski definition) is 1. The maximum absolute atomic E-state index is 6.09. The first-order valence-corrected chi connectivity index (χ1v) is 12.7. The Kier molecular flexibility index (Phi) is 4.85. The van der Waals surface area contributed by atoms with Crippen LogP contribution in [0.3, 0.4) is 0 Å². The van der Waals surface area contributed by atoms with Crippen LogP contribution >= 0.6 is 11.3 Å². The van der Waals surface area contributed by atoms with Crippen LogP contribution in [0.25, 0.3) is 27.2 Å². The van der Waals surface area contributed by atoms with E-state index in [2.05, 4.69) is 72.9 Å². The summed E-state index contributed by atoms with van der Waals surface area (Å²) in [5.74, 6) is 1.66. The Bertz CT molecular complexity index is 1680. The Labute approximate surface area is 212 Å². The van der Waals surface area contributed by atoms with Crippen LogP contribution in [0, 0.1) is 6.92 Å². The number of aryl methyl sites for hydroxylation is 1. The third-order valence-corrected chi connectivity index (χ3v) is 7.68. The molecule has 174 valence electrons. The molecule has 4 heterocycles. The van der Waals surface area contributed by atoms with Crippen molar-refractivity contribution in [2.24, 2.45) is 0 Å². The number of thiazole rings is 1. The number of rotatable bonds is 4. The number of hydrogen-bond acceptors (Lipinski definition) is 5. The number of para-hydroxylation sites is 2. The number of nitrogens with zero attached hydrogens (tertiary/aromatic N) is 3. The molecule has 0 bridgehead atoms. The summed E-state index contributed by atoms with van der Waals surface area (Å²) in [7, 11) is 0. The van der Waals surface area contributed by atoms with E-state index in [0.29, 0.717) is 0 Å². The Hall–Kier alpha value is -4.42. The van der Waals surface area contributed by atoms with Gasteiger partial charge < -0.3 is 9.73 Å². The first-order chi connectivity index (χ1) is 17.8. The van der Waals surface area contributed by atoms with Crippen LogP contribution in [0.2, 0.25) is 0 Å². The lowest BCUT2D eigenvalue weighted by Gasteiger charge is -2.29. The van der Waals surface area contributed by atoms with E-state index < -0.39 is 0 Å². The lowest BCUT2D eigenvalue weighted by molar-refractivity contribution is 0.509. The summed E-state index contributed by atoms with van der Waals surface area (Å²) in [6.45, 7) is 2.07. The minimum Gasteiger partial charge on any atom is -0.468 e. The third-order valence-electron chi connectivity index (χ3n) is 6.61. The monoisotopic (exact) mass is 486 g/mol. The molecule has 36 heavy (non-hydrogen) atoms. The van der Waals surface area contributed by atoms with E-state index in [0.717, 1.165) is 60.6 Å². The number of allylic oxidation sites excluding steroid dienone is 1. The summed E-state index contributed by atoms with van der Waals surface area (Å²) in [5, 5.41) is 9.76. The predicted octanol–water partition coefficient (Wildman–Crippen LogP) is 7.51. The second kappa shape index (κ2) is 8.36. The number of anilines is 1. The van der Waals surface area contributed by atoms with Crippen molar-refractivity contribution in [2.45, 2.75) is 12.8 Å². The number of benzene rings is 3. The fraction of sp³-hybridized carbons (Fsp3) is 0.0667. The van der Waals surface area contributed by atoms with E-state index in [-0.39, 0.29) is 5.92 Å². The molecule has 1 aliphatic rings. The van der Waals surface area contributed by atoms with Gasteiger partial charge >= 0.3 is 0 Å². The van der Waals surface area contributed by atoms with Gasteiger partial charge in [-0.25, -0.2) is 9.67 Å². The van der Waals surface area contributed by atoms with Crippen LogP contribution in [-0.4, -0.2) is 14.8 Å². The summed E-state index contributed by atoms with van der Waals surface area (Å²) < 4.78 is 9.25. The van der Waals surface area contributed by atoms with Gasteiger partial charge in [-0.3, -0.25) is 0 Å². The van der Waals surface area contributed by atoms with Gasteiger partial charge in [0.25, 0.3) is 0 Å². The maximum Gasteiger partial charge on any atom is 0.138 e. The van der Waals surface area contributed by atoms with Gasteiger partial charge in [-0.05, 0) is 48.9 Å². The molecule has 1 unspecified atom stereocenters. The normalized spacial score (nSPS) is 15.2. The van der Waals surface area contributed by atoms with Crippen molar-refractivity contribution in [3.05, 3.63) is 131 Å². The van der Waals surface area contributed by atoms with Crippen molar-refractivity contribution < 1.29 is 4.42 Å². The van der Waals surface area contributed by atoms with E-state index in [1.807, 2.05) is 41.1 Å². The Morgan fingerprint density at radius 2 is 1.61 bits per heavy atom. The highest BCUT2D eigenvalue weighted by molar-refractivity contribution is 7.19. The van der Waals surface area contributed by atoms with Crippen molar-refractivity contribution in [1.29, 1.82) is 0 Å². The number of nitrogens with one attached hydrogen (secondary N) is 1. The molecule has 0 saturated carbocycles. The lowest BCUT2D eigenvalue weighted by atomic mass is 9.83. The summed E-state index contributed by atoms with van der Waals surface area (Å²) in [6, 6.07) is 33.0. The molecular formula is C30H22N4OS. The number of fused-ring (bicyclic) bond motifs is 2. The molecule has 0 amide bonds. The molecule has 1 aliphatic heterocycles. The zero-order chi connectivity index (χ0) is 24.1. The van der Waals surface area contributed by atoms with Crippen LogP contribution in [0.1, 0.15) is 33.5 Å². The first kappa shape index (κ1) is 20.9. The Morgan fingerprint density at radius 1 is 0.861 bits per heavy atom. The summed E-state index contributed by atoms with van der Waals surface area (Å²) in [5.41, 5.74) is 7.26. The summed E-state index contributed by atoms with van der Waals surface area (Å²) in [4.78, 5) is 5.09. The molecule has 0 fully saturated rings. The van der Waals surface area contributed by atoms with Gasteiger partial charge in [0, 0.05) is 11.1 Å². The molecule has 7 rings (SSSR count). The van der Waals surface area contributed by atoms with Gasteiger partial charge in [0.05, 0.1) is 39.5 Å². The van der Waals surface area contributed by atoms with Gasteiger partial charge in [0.15, 0.2) is 0 Å². The van der Waals surface area contributed by atoms with Gasteiger partial charge in [-0.2, -0.15) is 5.10 Å². The highest BCUT2D eigenvalue weighted by atomic mass is 32.1. The topological polar surface area (TPSA) is 55.9 Å². The molecule has 0 radical (unpaired) electrons. The van der Waals surface area contributed by atoms with Gasteiger partial charge in [-0.15, -0.1) is 11.3 Å². The van der Waals surface area contributed by atoms with Gasteiger partial charge in [0.1, 0.15) is 16.6 Å². The zero-order valence-corrected chi connectivity index (χ0v) is 20.4. The first-order valence-electron chi connectivity index (χ1n) is 11.9. The van der Waals surface area contributed by atoms with E-state index in [1.54, 1.807) is 17.6 Å². The second-order valence-electron chi connectivity index (χ2n) is 8.81. The second-order valence-corrected chi connectivity index (χ2v) is 9.84. The standard InChI is InChI=1S/C30H22N4OS/c1-19-25-26(23-16-10-18-35-23)27(30-31-22-15-8-9-17-24(22)36-30)28(20-11-4-2-5-12-20)32-29(25)34(33-19)21-13-6-3-7-14-21/h2-18,26,32H,1H3. The molecule has 5 nitrogen and oxygen atoms in total. The highest BCUT2D eigenvalue weighted by Crippen LogP contribution is 2.51. The fourth-order valence-corrected chi connectivity index (χ4v) is 6.07. The molecule has 0 aliphatic carbocycles. The SMILES string of the molecule is Cc1nn(-c2ccccc2)c2c1C(c1ccco1)C(c1nc3ccccc3s1)=C(c1ccccc1)N2. The number of furan rings is 1. The molecule has 1 atom stereocenters. The molecule has 6 aromatic rings. The van der Waals surface area contributed by atoms with Crippen molar-refractivity contribution in [1.82, 2.24) is 14.8 Å². The van der Waals surface area contributed by atoms with Crippen LogP contribution < -0.4 is 5.32 Å². The molecule has 3 aromatic carbocycles. The van der Waals surface area contributed by atoms with Crippen molar-refractivity contribution in [2.75, 3.05) is 5.32 Å². The molecule has 0 saturated heterocycles. The molecule has 6 heteroatoms. The van der Waals surface area contributed by atoms with E-state index >= 15 is 0 Å². The van der Waals surface area contributed by atoms with Crippen LogP contribution in [0.5, 0.6) is 0 Å². The van der Waals surface area contributed by atoms with Crippen LogP contribution in [0.4, 0.5) is 5.82 Å². The summed E-state index contributed by atoms with van der Waals surface area (Å²) in [6.07, 6.45) is 1.74. The van der Waals surface area contributed by atoms with Crippen LogP contribution in [0.15, 0.2) is 108 Å². The zero-order valence-electron chi connectivity index (χ0n) is 19.6. The molecule has 0 spiro atoms. The van der Waals surface area contributed by atoms with Crippen LogP contribution in [-0.2, 0) is 0 Å². The minimum atomic E-state index is -0.163. The maximum atomic E-state index is 6.09. The lowest BCUT2D eigenvalue weighted by Crippen LogP contribution is -2.19. The smallest absolute Gasteiger partial charge is 0.138 e. The number of aromatic nitrogens is 3. The minimum absolute atomic E-state index is 0.163. The Morgan fingerprint density at radius 3 is 2.36 bits per heavy atom. The van der Waals surface area contributed by atoms with E-state index in [1.165, 1.54) is 0 Å². The largest absolute Gasteiger partial charge is 0.468 e. The van der Waals surface area contributed by atoms with Gasteiger partial charge in [-0.1, -0.05) is 60.7 Å². The van der Waals surface area contributed by atoms with Crippen molar-refractivity contribution in [3.63, 3.8) is 0 Å². The third kappa shape index (κ3) is 3.30. The predicted molar refractivity (Wildman–Crippen MR) is 145 cm³/mol. The van der Waals surface area contributed by atoms with E-state index in [9.17, 15) is 0 Å². The Balaban J connectivity index is 1.55. The quantitative estimate of drug-likeness (QED) is 0.280. The molecule has 3 aromatic heterocycles. The highest BCUT2D eigenvalue weighted by Gasteiger charge is 2.38. The van der Waals surface area contributed by atoms with Gasteiger partial charge in [0.2, 0.25) is 0 Å². The van der Waals surface area contributed by atoms with E-state index in [4.69, 9.17) is 14.5 Å². The summed E-state index contributed by atoms with van der Waals surface area (Å²) >= 11 is 1.71. The van der Waals surface area contributed by atoms with Crippen molar-refractivity contribution in [3.8, 4) is 5.69 Å².